The molecule has 2 heterocycles. The van der Waals surface area contributed by atoms with E-state index in [4.69, 9.17) is 10.5 Å². The highest BCUT2D eigenvalue weighted by Crippen LogP contribution is 2.28. The van der Waals surface area contributed by atoms with Crippen molar-refractivity contribution >= 4 is 17.1 Å². The quantitative estimate of drug-likeness (QED) is 0.578. The second kappa shape index (κ2) is 6.08. The molecule has 1 aromatic carbocycles. The van der Waals surface area contributed by atoms with E-state index < -0.39 is 0 Å². The number of anilines is 1. The van der Waals surface area contributed by atoms with Gasteiger partial charge in [-0.3, -0.25) is 4.79 Å². The second-order valence-electron chi connectivity index (χ2n) is 5.26. The number of aromatic nitrogens is 3. The first kappa shape index (κ1) is 15.0. The summed E-state index contributed by atoms with van der Waals surface area (Å²) in [7, 11) is 1.58. The maximum atomic E-state index is 12.1. The predicted molar refractivity (Wildman–Crippen MR) is 88.6 cm³/mol. The van der Waals surface area contributed by atoms with Crippen LogP contribution in [0.4, 0.5) is 5.69 Å². The Balaban J connectivity index is 2.12. The third-order valence-corrected chi connectivity index (χ3v) is 3.65. The molecule has 6 heteroatoms. The van der Waals surface area contributed by atoms with E-state index in [9.17, 15) is 4.79 Å². The van der Waals surface area contributed by atoms with E-state index >= 15 is 0 Å². The minimum atomic E-state index is 0.0267. The molecular weight excluding hydrogens is 292 g/mol. The highest BCUT2D eigenvalue weighted by Gasteiger charge is 2.14. The summed E-state index contributed by atoms with van der Waals surface area (Å²) >= 11 is 0. The molecule has 0 bridgehead atoms. The van der Waals surface area contributed by atoms with Crippen molar-refractivity contribution in [1.82, 2.24) is 14.6 Å². The summed E-state index contributed by atoms with van der Waals surface area (Å²) in [6, 6.07) is 9.09. The van der Waals surface area contributed by atoms with Gasteiger partial charge in [-0.2, -0.15) is 5.10 Å². The maximum Gasteiger partial charge on any atom is 0.183 e. The highest BCUT2D eigenvalue weighted by atomic mass is 16.5. The fourth-order valence-corrected chi connectivity index (χ4v) is 2.48. The number of carbonyl (C=O) groups excluding carboxylic acids is 1. The van der Waals surface area contributed by atoms with E-state index in [1.165, 1.54) is 0 Å². The molecule has 3 rings (SSSR count). The minimum Gasteiger partial charge on any atom is -0.495 e. The van der Waals surface area contributed by atoms with Crippen molar-refractivity contribution in [3.05, 3.63) is 42.2 Å². The first-order chi connectivity index (χ1) is 11.1. The van der Waals surface area contributed by atoms with Crippen LogP contribution in [0.2, 0.25) is 0 Å². The summed E-state index contributed by atoms with van der Waals surface area (Å²) in [4.78, 5) is 16.4. The lowest BCUT2D eigenvalue weighted by Gasteiger charge is -2.08. The number of methoxy groups -OCH3 is 1. The number of nitrogens with two attached hydrogens (primary N) is 1. The molecule has 0 spiro atoms. The van der Waals surface area contributed by atoms with Gasteiger partial charge in [0.05, 0.1) is 18.5 Å². The Kier molecular flexibility index (Phi) is 3.97. The number of rotatable bonds is 5. The molecule has 0 aliphatic carbocycles. The number of hydrogen-bond acceptors (Lipinski definition) is 5. The summed E-state index contributed by atoms with van der Waals surface area (Å²) in [5.74, 6) is 0.626. The summed E-state index contributed by atoms with van der Waals surface area (Å²) in [6.45, 7) is 1.97. The molecule has 0 radical (unpaired) electrons. The molecule has 6 nitrogen and oxygen atoms in total. The van der Waals surface area contributed by atoms with Gasteiger partial charge in [0, 0.05) is 24.2 Å². The Hall–Kier alpha value is -2.89. The molecule has 2 N–H and O–H groups in total. The lowest BCUT2D eigenvalue weighted by Crippen LogP contribution is -2.01. The molecule has 0 fully saturated rings. The molecule has 2 aromatic heterocycles. The SMILES string of the molecule is CCCC(=O)c1cc2nccc(-c3ccc(N)c(OC)c3)n2n1. The van der Waals surface area contributed by atoms with E-state index in [0.29, 0.717) is 29.2 Å². The number of nitrogens with zero attached hydrogens (tertiary/aromatic N) is 3. The van der Waals surface area contributed by atoms with Gasteiger partial charge in [0.2, 0.25) is 0 Å². The van der Waals surface area contributed by atoms with Gasteiger partial charge < -0.3 is 10.5 Å². The Morgan fingerprint density at radius 3 is 2.87 bits per heavy atom. The van der Waals surface area contributed by atoms with Crippen molar-refractivity contribution in [1.29, 1.82) is 0 Å². The molecule has 118 valence electrons. The number of ketones is 1. The lowest BCUT2D eigenvalue weighted by atomic mass is 10.1. The van der Waals surface area contributed by atoms with E-state index in [0.717, 1.165) is 17.7 Å². The average molecular weight is 310 g/mol. The lowest BCUT2D eigenvalue weighted by molar-refractivity contribution is 0.0976. The smallest absolute Gasteiger partial charge is 0.183 e. The Morgan fingerprint density at radius 2 is 2.13 bits per heavy atom. The van der Waals surface area contributed by atoms with E-state index in [1.807, 2.05) is 25.1 Å². The van der Waals surface area contributed by atoms with Gasteiger partial charge in [0.25, 0.3) is 0 Å². The summed E-state index contributed by atoms with van der Waals surface area (Å²) < 4.78 is 6.94. The van der Waals surface area contributed by atoms with Gasteiger partial charge in [0.1, 0.15) is 11.4 Å². The second-order valence-corrected chi connectivity index (χ2v) is 5.26. The molecule has 0 atom stereocenters. The Labute approximate surface area is 133 Å². The van der Waals surface area contributed by atoms with Crippen LogP contribution < -0.4 is 10.5 Å². The highest BCUT2D eigenvalue weighted by molar-refractivity contribution is 5.95. The molecule has 0 amide bonds. The topological polar surface area (TPSA) is 82.5 Å². The Morgan fingerprint density at radius 1 is 1.30 bits per heavy atom. The number of carbonyl (C=O) groups is 1. The van der Waals surface area contributed by atoms with Crippen LogP contribution in [0.3, 0.4) is 0 Å². The van der Waals surface area contributed by atoms with Gasteiger partial charge in [0.15, 0.2) is 11.4 Å². The molecule has 0 unspecified atom stereocenters. The summed E-state index contributed by atoms with van der Waals surface area (Å²) in [5.41, 5.74) is 9.22. The number of nitrogen functional groups attached to an aromatic ring is 1. The molecule has 3 aromatic rings. The van der Waals surface area contributed by atoms with Crippen LogP contribution in [0.1, 0.15) is 30.3 Å². The predicted octanol–water partition coefficient (Wildman–Crippen LogP) is 2.97. The Bertz CT molecular complexity index is 870. The zero-order chi connectivity index (χ0) is 16.4. The zero-order valence-corrected chi connectivity index (χ0v) is 13.1. The van der Waals surface area contributed by atoms with Crippen LogP contribution in [0.5, 0.6) is 5.75 Å². The van der Waals surface area contributed by atoms with Crippen LogP contribution >= 0.6 is 0 Å². The van der Waals surface area contributed by atoms with Gasteiger partial charge in [-0.15, -0.1) is 0 Å². The third-order valence-electron chi connectivity index (χ3n) is 3.65. The van der Waals surface area contributed by atoms with Crippen LogP contribution in [0.15, 0.2) is 36.5 Å². The first-order valence-electron chi connectivity index (χ1n) is 7.46. The largest absolute Gasteiger partial charge is 0.495 e. The van der Waals surface area contributed by atoms with Crippen molar-refractivity contribution in [3.63, 3.8) is 0 Å². The molecule has 23 heavy (non-hydrogen) atoms. The third kappa shape index (κ3) is 2.75. The molecule has 0 saturated carbocycles. The number of fused-ring (bicyclic) bond motifs is 1. The fourth-order valence-electron chi connectivity index (χ4n) is 2.48. The van der Waals surface area contributed by atoms with Crippen LogP contribution in [0.25, 0.3) is 16.9 Å². The normalized spacial score (nSPS) is 10.9. The van der Waals surface area contributed by atoms with Crippen molar-refractivity contribution in [3.8, 4) is 17.0 Å². The van der Waals surface area contributed by atoms with Crippen molar-refractivity contribution in [2.24, 2.45) is 0 Å². The number of ether oxygens (including phenoxy) is 1. The minimum absolute atomic E-state index is 0.0267. The molecule has 0 saturated heterocycles. The van der Waals surface area contributed by atoms with E-state index in [-0.39, 0.29) is 5.78 Å². The van der Waals surface area contributed by atoms with Gasteiger partial charge in [-0.1, -0.05) is 13.0 Å². The van der Waals surface area contributed by atoms with Crippen molar-refractivity contribution in [2.75, 3.05) is 12.8 Å². The molecule has 0 aliphatic rings. The first-order valence-corrected chi connectivity index (χ1v) is 7.46. The van der Waals surface area contributed by atoms with E-state index in [1.54, 1.807) is 30.0 Å². The van der Waals surface area contributed by atoms with Crippen molar-refractivity contribution < 1.29 is 9.53 Å². The summed E-state index contributed by atoms with van der Waals surface area (Å²) in [5, 5.41) is 4.42. The van der Waals surface area contributed by atoms with Gasteiger partial charge in [-0.25, -0.2) is 9.50 Å². The van der Waals surface area contributed by atoms with Crippen LogP contribution in [-0.2, 0) is 0 Å². The average Bonchev–Trinajstić information content (AvgIpc) is 3.00. The van der Waals surface area contributed by atoms with E-state index in [2.05, 4.69) is 10.1 Å². The molecule has 0 aliphatic heterocycles. The monoisotopic (exact) mass is 310 g/mol. The summed E-state index contributed by atoms with van der Waals surface area (Å²) in [6.07, 6.45) is 2.97. The fraction of sp³-hybridized carbons (Fsp3) is 0.235. The van der Waals surface area contributed by atoms with Gasteiger partial charge >= 0.3 is 0 Å². The van der Waals surface area contributed by atoms with Crippen LogP contribution in [0, 0.1) is 0 Å². The maximum absolute atomic E-state index is 12.1. The standard InChI is InChI=1S/C17H18N4O2/c1-3-4-15(22)13-10-17-19-8-7-14(21(17)20-13)11-5-6-12(18)16(9-11)23-2/h5-10H,3-4,18H2,1-2H3. The van der Waals surface area contributed by atoms with Crippen molar-refractivity contribution in [2.45, 2.75) is 19.8 Å². The number of hydrogen-bond donors (Lipinski definition) is 1. The van der Waals surface area contributed by atoms with Gasteiger partial charge in [-0.05, 0) is 24.6 Å². The zero-order valence-electron chi connectivity index (χ0n) is 13.1. The van der Waals surface area contributed by atoms with Crippen LogP contribution in [-0.4, -0.2) is 27.5 Å². The number of benzene rings is 1. The molecular formula is C17H18N4O2. The number of Topliss-reactive ketones (excluding diaryl/α,β-unsaturated/α-hetero) is 1.